The smallest absolute Gasteiger partial charge is 0.227 e. The number of carbonyl (C=O) groups excluding carboxylic acids is 1. The van der Waals surface area contributed by atoms with E-state index in [4.69, 9.17) is 4.74 Å². The lowest BCUT2D eigenvalue weighted by Crippen LogP contribution is -2.21. The van der Waals surface area contributed by atoms with Crippen LogP contribution >= 0.6 is 0 Å². The van der Waals surface area contributed by atoms with E-state index in [9.17, 15) is 9.18 Å². The largest absolute Gasteiger partial charge is 0.497 e. The van der Waals surface area contributed by atoms with Crippen molar-refractivity contribution < 1.29 is 13.9 Å². The summed E-state index contributed by atoms with van der Waals surface area (Å²) in [4.78, 5) is 21.3. The molecule has 1 aliphatic rings. The maximum atomic E-state index is 13.0. The molecule has 1 atom stereocenters. The van der Waals surface area contributed by atoms with Crippen molar-refractivity contribution >= 4 is 17.4 Å². The van der Waals surface area contributed by atoms with Crippen LogP contribution in [0.2, 0.25) is 0 Å². The molecule has 27 heavy (non-hydrogen) atoms. The Kier molecular flexibility index (Phi) is 4.54. The summed E-state index contributed by atoms with van der Waals surface area (Å²) in [5, 5.41) is 3.05. The topological polar surface area (TPSA) is 64.1 Å². The normalized spacial score (nSPS) is 15.9. The van der Waals surface area contributed by atoms with Crippen LogP contribution in [0.25, 0.3) is 0 Å². The van der Waals surface area contributed by atoms with Crippen molar-refractivity contribution in [3.05, 3.63) is 77.4 Å². The summed E-state index contributed by atoms with van der Waals surface area (Å²) in [7, 11) is 1.63. The van der Waals surface area contributed by atoms with Gasteiger partial charge < -0.3 is 10.1 Å². The Morgan fingerprint density at radius 2 is 1.81 bits per heavy atom. The van der Waals surface area contributed by atoms with Crippen LogP contribution < -0.4 is 10.1 Å². The van der Waals surface area contributed by atoms with Gasteiger partial charge in [-0.25, -0.2) is 14.4 Å². The van der Waals surface area contributed by atoms with E-state index in [0.717, 1.165) is 17.0 Å². The molecule has 1 N–H and O–H groups in total. The number of aromatic nitrogens is 2. The van der Waals surface area contributed by atoms with Gasteiger partial charge in [0.15, 0.2) is 5.78 Å². The van der Waals surface area contributed by atoms with Crippen molar-refractivity contribution in [3.8, 4) is 5.75 Å². The molecule has 0 spiro atoms. The van der Waals surface area contributed by atoms with Crippen molar-refractivity contribution in [2.24, 2.45) is 0 Å². The monoisotopic (exact) mass is 363 g/mol. The third-order valence-corrected chi connectivity index (χ3v) is 4.73. The Morgan fingerprint density at radius 1 is 1.07 bits per heavy atom. The number of ether oxygens (including phenoxy) is 1. The van der Waals surface area contributed by atoms with Crippen molar-refractivity contribution in [2.45, 2.75) is 18.8 Å². The number of anilines is 2. The lowest BCUT2D eigenvalue weighted by molar-refractivity contribution is 0.0962. The van der Waals surface area contributed by atoms with E-state index in [2.05, 4.69) is 15.3 Å². The van der Waals surface area contributed by atoms with Gasteiger partial charge in [0.1, 0.15) is 11.6 Å². The van der Waals surface area contributed by atoms with Crippen LogP contribution in [0.5, 0.6) is 5.75 Å². The number of ketones is 1. The number of hydrogen-bond acceptors (Lipinski definition) is 5. The molecule has 1 aromatic heterocycles. The van der Waals surface area contributed by atoms with Gasteiger partial charge in [-0.3, -0.25) is 4.79 Å². The molecular formula is C21H18FN3O2. The SMILES string of the molecule is COc1ccc([C@H]2CC(=O)c3cnc(Nc4ccc(F)cc4)nc3C2)cc1. The number of methoxy groups -OCH3 is 1. The average Bonchev–Trinajstić information content (AvgIpc) is 2.69. The Hall–Kier alpha value is -3.28. The van der Waals surface area contributed by atoms with Crippen LogP contribution in [0, 0.1) is 5.82 Å². The molecule has 2 aromatic carbocycles. The molecular weight excluding hydrogens is 345 g/mol. The van der Waals surface area contributed by atoms with Gasteiger partial charge in [0.2, 0.25) is 5.95 Å². The summed E-state index contributed by atoms with van der Waals surface area (Å²) >= 11 is 0. The van der Waals surface area contributed by atoms with E-state index in [0.29, 0.717) is 30.0 Å². The van der Waals surface area contributed by atoms with Crippen LogP contribution in [-0.4, -0.2) is 22.9 Å². The first-order valence-corrected chi connectivity index (χ1v) is 8.68. The minimum absolute atomic E-state index is 0.0467. The molecule has 0 saturated carbocycles. The van der Waals surface area contributed by atoms with Crippen LogP contribution in [-0.2, 0) is 6.42 Å². The first-order valence-electron chi connectivity index (χ1n) is 8.68. The molecule has 0 saturated heterocycles. The second-order valence-corrected chi connectivity index (χ2v) is 6.49. The number of Topliss-reactive ketones (excluding diaryl/α,β-unsaturated/α-hetero) is 1. The highest BCUT2D eigenvalue weighted by Gasteiger charge is 2.28. The molecule has 0 radical (unpaired) electrons. The number of hydrogen-bond donors (Lipinski definition) is 1. The summed E-state index contributed by atoms with van der Waals surface area (Å²) in [5.41, 5.74) is 3.07. The highest BCUT2D eigenvalue weighted by atomic mass is 19.1. The summed E-state index contributed by atoms with van der Waals surface area (Å²) in [6.45, 7) is 0. The molecule has 0 unspecified atom stereocenters. The Morgan fingerprint density at radius 3 is 2.52 bits per heavy atom. The summed E-state index contributed by atoms with van der Waals surface area (Å²) in [6.07, 6.45) is 2.67. The first-order chi connectivity index (χ1) is 13.1. The molecule has 3 aromatic rings. The van der Waals surface area contributed by atoms with Crippen LogP contribution in [0.15, 0.2) is 54.7 Å². The molecule has 0 aliphatic heterocycles. The van der Waals surface area contributed by atoms with E-state index in [-0.39, 0.29) is 17.5 Å². The first kappa shape index (κ1) is 17.1. The van der Waals surface area contributed by atoms with Gasteiger partial charge in [-0.05, 0) is 54.3 Å². The summed E-state index contributed by atoms with van der Waals surface area (Å²) < 4.78 is 18.2. The summed E-state index contributed by atoms with van der Waals surface area (Å²) in [5.74, 6) is 0.993. The van der Waals surface area contributed by atoms with Gasteiger partial charge in [0, 0.05) is 18.3 Å². The summed E-state index contributed by atoms with van der Waals surface area (Å²) in [6, 6.07) is 13.7. The number of nitrogens with zero attached hydrogens (tertiary/aromatic N) is 2. The number of nitrogens with one attached hydrogen (secondary N) is 1. The lowest BCUT2D eigenvalue weighted by Gasteiger charge is -2.23. The van der Waals surface area contributed by atoms with E-state index in [1.165, 1.54) is 12.1 Å². The Balaban J connectivity index is 1.58. The Bertz CT molecular complexity index is 972. The zero-order valence-corrected chi connectivity index (χ0v) is 14.8. The Labute approximate surface area is 156 Å². The molecule has 1 aliphatic carbocycles. The van der Waals surface area contributed by atoms with E-state index in [1.807, 2.05) is 24.3 Å². The van der Waals surface area contributed by atoms with E-state index < -0.39 is 0 Å². The molecule has 4 rings (SSSR count). The maximum Gasteiger partial charge on any atom is 0.227 e. The van der Waals surface area contributed by atoms with Crippen molar-refractivity contribution in [1.82, 2.24) is 9.97 Å². The zero-order chi connectivity index (χ0) is 18.8. The predicted octanol–water partition coefficient (Wildman–Crippen LogP) is 4.28. The lowest BCUT2D eigenvalue weighted by atomic mass is 9.82. The second-order valence-electron chi connectivity index (χ2n) is 6.49. The number of rotatable bonds is 4. The van der Waals surface area contributed by atoms with Gasteiger partial charge in [-0.15, -0.1) is 0 Å². The minimum atomic E-state index is -0.306. The highest BCUT2D eigenvalue weighted by molar-refractivity contribution is 5.98. The van der Waals surface area contributed by atoms with Crippen LogP contribution in [0.1, 0.15) is 34.0 Å². The van der Waals surface area contributed by atoms with E-state index in [1.54, 1.807) is 25.4 Å². The molecule has 5 nitrogen and oxygen atoms in total. The molecule has 1 heterocycles. The number of fused-ring (bicyclic) bond motifs is 1. The highest BCUT2D eigenvalue weighted by Crippen LogP contribution is 2.33. The molecule has 0 fully saturated rings. The third-order valence-electron chi connectivity index (χ3n) is 4.73. The van der Waals surface area contributed by atoms with Gasteiger partial charge in [-0.2, -0.15) is 0 Å². The third kappa shape index (κ3) is 3.65. The van der Waals surface area contributed by atoms with E-state index >= 15 is 0 Å². The fourth-order valence-corrected chi connectivity index (χ4v) is 3.28. The van der Waals surface area contributed by atoms with Crippen molar-refractivity contribution in [3.63, 3.8) is 0 Å². The predicted molar refractivity (Wildman–Crippen MR) is 100 cm³/mol. The van der Waals surface area contributed by atoms with Crippen molar-refractivity contribution in [2.75, 3.05) is 12.4 Å². The molecule has 6 heteroatoms. The quantitative estimate of drug-likeness (QED) is 0.749. The number of benzene rings is 2. The molecule has 136 valence electrons. The molecule has 0 amide bonds. The second kappa shape index (κ2) is 7.15. The van der Waals surface area contributed by atoms with Gasteiger partial charge in [0.05, 0.1) is 18.4 Å². The fourth-order valence-electron chi connectivity index (χ4n) is 3.28. The van der Waals surface area contributed by atoms with Gasteiger partial charge in [0.25, 0.3) is 0 Å². The zero-order valence-electron chi connectivity index (χ0n) is 14.8. The number of halogens is 1. The van der Waals surface area contributed by atoms with Crippen LogP contribution in [0.4, 0.5) is 16.0 Å². The number of carbonyl (C=O) groups is 1. The van der Waals surface area contributed by atoms with Crippen LogP contribution in [0.3, 0.4) is 0 Å². The molecule has 0 bridgehead atoms. The van der Waals surface area contributed by atoms with Crippen molar-refractivity contribution in [1.29, 1.82) is 0 Å². The standard InChI is InChI=1S/C21H18FN3O2/c1-27-17-8-2-13(3-9-17)14-10-19-18(20(26)11-14)12-23-21(25-19)24-16-6-4-15(22)5-7-16/h2-9,12,14H,10-11H2,1H3,(H,23,24,25)/t14-/m1/s1. The minimum Gasteiger partial charge on any atom is -0.497 e. The fraction of sp³-hybridized carbons (Fsp3) is 0.190. The van der Waals surface area contributed by atoms with Gasteiger partial charge in [-0.1, -0.05) is 12.1 Å². The van der Waals surface area contributed by atoms with Gasteiger partial charge >= 0.3 is 0 Å². The average molecular weight is 363 g/mol. The maximum absolute atomic E-state index is 13.0.